The quantitative estimate of drug-likeness (QED) is 0.0230. The van der Waals surface area contributed by atoms with E-state index in [-0.39, 0.29) is 157 Å². The van der Waals surface area contributed by atoms with Crippen LogP contribution in [0.1, 0.15) is 82.5 Å². The van der Waals surface area contributed by atoms with Crippen LogP contribution in [0.15, 0.2) is 41.5 Å². The fraction of sp³-hybridized carbons (Fsp3) is 0.703. The standard InChI is InChI=1S/C37H49N3O17S2.2K/c1-18(2)13-28(41)55-31-30(57-59(49,50)51)29(56-58(46,47)48)26(17-52-34(45)20-5-8-22(9-6-20)39-40-38)54-35(31)53-23-14-24(33(43)44)25-11-12-37-15-21(19(3)32(37)42)7-10-27(37)36(25,4)16-23;;/h5-6,8-9,18,21,23-27,29-32,35,42H,3,7,10-17H2,1-2,4H3,(H,43,44)(H,46,47,48)(H,49,50,51);;/q;2*+1/p-2. The second kappa shape index (κ2) is 21.0. The number of esters is 2. The Kier molecular flexibility index (Phi) is 18.3. The van der Waals surface area contributed by atoms with Crippen LogP contribution < -0.4 is 103 Å². The maximum atomic E-state index is 13.2. The number of ether oxygens (including phenoxy) is 4. The van der Waals surface area contributed by atoms with Gasteiger partial charge in [-0.1, -0.05) is 44.6 Å². The summed E-state index contributed by atoms with van der Waals surface area (Å²) in [5.74, 6) is -4.84. The molecule has 6 rings (SSSR count). The zero-order valence-corrected chi connectivity index (χ0v) is 42.4. The Morgan fingerprint density at radius 2 is 1.66 bits per heavy atom. The van der Waals surface area contributed by atoms with Gasteiger partial charge in [0.25, 0.3) is 0 Å². The summed E-state index contributed by atoms with van der Waals surface area (Å²) in [5.41, 5.74) is 8.20. The van der Waals surface area contributed by atoms with Gasteiger partial charge in [0, 0.05) is 22.4 Å². The van der Waals surface area contributed by atoms with Crippen molar-refractivity contribution in [2.24, 2.45) is 45.5 Å². The Labute approximate surface area is 438 Å². The number of benzene rings is 1. The molecule has 20 nitrogen and oxygen atoms in total. The molecule has 1 aliphatic heterocycles. The van der Waals surface area contributed by atoms with Crippen molar-refractivity contribution in [1.82, 2.24) is 0 Å². The molecule has 1 saturated heterocycles. The number of fused-ring (bicyclic) bond motifs is 3. The van der Waals surface area contributed by atoms with Crippen LogP contribution in [0, 0.1) is 40.4 Å². The number of aliphatic carboxylic acids is 1. The Balaban J connectivity index is 0.00000410. The van der Waals surface area contributed by atoms with Crippen LogP contribution in [0.5, 0.6) is 0 Å². The van der Waals surface area contributed by atoms with E-state index in [0.717, 1.165) is 12.0 Å². The first-order valence-electron chi connectivity index (χ1n) is 19.3. The van der Waals surface area contributed by atoms with E-state index in [9.17, 15) is 50.5 Å². The predicted octanol–water partition coefficient (Wildman–Crippen LogP) is -2.20. The monoisotopic (exact) mass is 947 g/mol. The number of hydrogen-bond donors (Lipinski definition) is 2. The molecule has 0 amide bonds. The molecule has 13 unspecified atom stereocenters. The van der Waals surface area contributed by atoms with Crippen LogP contribution in [-0.2, 0) is 57.7 Å². The van der Waals surface area contributed by atoms with E-state index in [4.69, 9.17) is 28.7 Å². The molecule has 1 heterocycles. The summed E-state index contributed by atoms with van der Waals surface area (Å²) in [4.78, 5) is 41.9. The predicted molar refractivity (Wildman–Crippen MR) is 197 cm³/mol. The molecule has 13 atom stereocenters. The normalized spacial score (nSPS) is 35.6. The summed E-state index contributed by atoms with van der Waals surface area (Å²) >= 11 is 0. The Hall–Kier alpha value is -0.427. The SMILES string of the molecule is C=C1C2CCC3C4(C)CC(OC5OC(COC(=O)c6ccc(N=[N+]=[N-])cc6)C(OS(=O)(=O)[O-])C(OS(=O)(=O)[O-])C5OC(=O)CC(C)C)CC(C(=O)O)C4CCC3(C2)C1O.[K+].[K+]. The average molecular weight is 948 g/mol. The van der Waals surface area contributed by atoms with E-state index in [1.54, 1.807) is 13.8 Å². The number of azide groups is 1. The fourth-order valence-corrected chi connectivity index (χ4v) is 11.8. The van der Waals surface area contributed by atoms with E-state index in [1.165, 1.54) is 24.3 Å². The number of carbonyl (C=O) groups is 3. The van der Waals surface area contributed by atoms with Gasteiger partial charge in [0.1, 0.15) is 24.9 Å². The molecule has 5 fully saturated rings. The minimum Gasteiger partial charge on any atom is -0.726 e. The molecule has 5 aliphatic rings. The van der Waals surface area contributed by atoms with Crippen LogP contribution >= 0.6 is 0 Å². The van der Waals surface area contributed by atoms with Gasteiger partial charge < -0.3 is 38.3 Å². The Morgan fingerprint density at radius 1 is 1.02 bits per heavy atom. The minimum atomic E-state index is -5.82. The average Bonchev–Trinajstić information content (AvgIpc) is 3.30. The molecule has 0 aromatic heterocycles. The summed E-state index contributed by atoms with van der Waals surface area (Å²) in [6.07, 6.45) is -9.67. The molecule has 61 heavy (non-hydrogen) atoms. The summed E-state index contributed by atoms with van der Waals surface area (Å²) in [7, 11) is -11.6. The first-order chi connectivity index (χ1) is 27.5. The number of rotatable bonds is 14. The van der Waals surface area contributed by atoms with E-state index in [0.29, 0.717) is 25.7 Å². The van der Waals surface area contributed by atoms with Gasteiger partial charge in [-0.2, -0.15) is 0 Å². The maximum absolute atomic E-state index is 13.2. The summed E-state index contributed by atoms with van der Waals surface area (Å²) in [6.45, 7) is 8.46. The van der Waals surface area contributed by atoms with Crippen LogP contribution in [0.2, 0.25) is 0 Å². The second-order valence-corrected chi connectivity index (χ2v) is 18.9. The summed E-state index contributed by atoms with van der Waals surface area (Å²) in [6, 6.07) is 5.04. The number of carboxylic acid groups (broad SMARTS) is 1. The molecule has 2 N–H and O–H groups in total. The van der Waals surface area contributed by atoms with Crippen molar-refractivity contribution in [1.29, 1.82) is 0 Å². The number of carboxylic acids is 1. The molecular weight excluding hydrogens is 901 g/mol. The number of carbonyl (C=O) groups excluding carboxylic acids is 2. The zero-order valence-electron chi connectivity index (χ0n) is 34.5. The van der Waals surface area contributed by atoms with Gasteiger partial charge in [-0.15, -0.1) is 0 Å². The number of hydrogen-bond acceptors (Lipinski definition) is 17. The van der Waals surface area contributed by atoms with Crippen LogP contribution in [0.4, 0.5) is 5.69 Å². The summed E-state index contributed by atoms with van der Waals surface area (Å²) < 4.78 is 106. The van der Waals surface area contributed by atoms with E-state index >= 15 is 0 Å². The van der Waals surface area contributed by atoms with Crippen LogP contribution in [0.3, 0.4) is 0 Å². The second-order valence-electron chi connectivity index (χ2n) is 16.9. The number of aliphatic hydroxyl groups excluding tert-OH is 1. The Morgan fingerprint density at radius 3 is 2.25 bits per heavy atom. The van der Waals surface area contributed by atoms with Crippen LogP contribution in [0.25, 0.3) is 10.4 Å². The largest absolute Gasteiger partial charge is 1.00 e. The molecule has 4 saturated carbocycles. The topological polar surface area (TPSA) is 310 Å². The third kappa shape index (κ3) is 11.9. The molecule has 326 valence electrons. The van der Waals surface area contributed by atoms with Crippen molar-refractivity contribution in [2.75, 3.05) is 6.61 Å². The van der Waals surface area contributed by atoms with Gasteiger partial charge in [-0.05, 0) is 97.3 Å². The van der Waals surface area contributed by atoms with Gasteiger partial charge in [0.05, 0.1) is 23.7 Å². The maximum Gasteiger partial charge on any atom is 1.00 e. The molecule has 1 aromatic rings. The smallest absolute Gasteiger partial charge is 0.726 e. The van der Waals surface area contributed by atoms with Gasteiger partial charge in [0.2, 0.25) is 20.8 Å². The van der Waals surface area contributed by atoms with Crippen molar-refractivity contribution < 1.29 is 181 Å². The number of nitrogens with zero attached hydrogens (tertiary/aromatic N) is 3. The van der Waals surface area contributed by atoms with Gasteiger partial charge in [-0.3, -0.25) is 18.0 Å². The van der Waals surface area contributed by atoms with Crippen molar-refractivity contribution in [3.8, 4) is 0 Å². The first kappa shape index (κ1) is 53.2. The molecule has 24 heteroatoms. The van der Waals surface area contributed by atoms with Crippen molar-refractivity contribution in [2.45, 2.75) is 115 Å². The molecule has 1 aromatic carbocycles. The van der Waals surface area contributed by atoms with Gasteiger partial charge >= 0.3 is 121 Å². The van der Waals surface area contributed by atoms with E-state index in [1.807, 2.05) is 6.92 Å². The molecule has 4 aliphatic carbocycles. The first-order valence-corrected chi connectivity index (χ1v) is 21.9. The molecule has 2 bridgehead atoms. The van der Waals surface area contributed by atoms with Gasteiger partial charge in [0.15, 0.2) is 12.4 Å². The van der Waals surface area contributed by atoms with E-state index < -0.39 is 105 Å². The zero-order chi connectivity index (χ0) is 43.2. The third-order valence-electron chi connectivity index (χ3n) is 13.0. The molecule has 1 spiro atoms. The van der Waals surface area contributed by atoms with Crippen LogP contribution in [-0.4, -0.2) is 104 Å². The van der Waals surface area contributed by atoms with Crippen molar-refractivity contribution in [3.05, 3.63) is 52.4 Å². The number of aliphatic hydroxyl groups is 1. The van der Waals surface area contributed by atoms with Crippen molar-refractivity contribution in [3.63, 3.8) is 0 Å². The van der Waals surface area contributed by atoms with E-state index in [2.05, 4.69) is 20.8 Å². The fourth-order valence-electron chi connectivity index (χ4n) is 10.8. The van der Waals surface area contributed by atoms with Gasteiger partial charge in [-0.25, -0.2) is 21.6 Å². The van der Waals surface area contributed by atoms with Crippen molar-refractivity contribution >= 4 is 44.4 Å². The Bertz CT molecular complexity index is 2090. The molecule has 0 radical (unpaired) electrons. The molecular formula is C37H47K2N3O17S2. The third-order valence-corrected chi connectivity index (χ3v) is 13.9. The summed E-state index contributed by atoms with van der Waals surface area (Å²) in [5, 5.41) is 25.6. The minimum absolute atomic E-state index is 0.